The lowest BCUT2D eigenvalue weighted by Crippen LogP contribution is -2.43. The van der Waals surface area contributed by atoms with Gasteiger partial charge in [-0.05, 0) is 75.8 Å². The molecule has 4 aliphatic rings. The SMILES string of the molecule is CC.CNC(=O)CCC(C=C1CC1)n1c(=O)n(C)c2c(C#CCOC3CCN(CC4CCN(SN5CCC(N)CC5)CC4)CC3)cccc21. The molecule has 1 saturated carbocycles. The Balaban J connectivity index is 0.00000230. The van der Waals surface area contributed by atoms with Gasteiger partial charge in [0, 0.05) is 84.5 Å². The molecule has 49 heavy (non-hydrogen) atoms. The number of likely N-dealkylation sites (tertiary alicyclic amines) is 1. The number of hydrogen-bond acceptors (Lipinski definition) is 8. The number of aromatic nitrogens is 2. The molecule has 1 unspecified atom stereocenters. The van der Waals surface area contributed by atoms with E-state index in [9.17, 15) is 9.59 Å². The highest BCUT2D eigenvalue weighted by atomic mass is 32.2. The summed E-state index contributed by atoms with van der Waals surface area (Å²) in [6.07, 6.45) is 12.4. The molecule has 0 spiro atoms. The van der Waals surface area contributed by atoms with Crippen molar-refractivity contribution in [3.63, 3.8) is 0 Å². The number of benzene rings is 1. The second kappa shape index (κ2) is 18.6. The van der Waals surface area contributed by atoms with Gasteiger partial charge in [-0.3, -0.25) is 13.9 Å². The van der Waals surface area contributed by atoms with E-state index in [1.807, 2.05) is 55.8 Å². The summed E-state index contributed by atoms with van der Waals surface area (Å²) in [5, 5.41) is 2.70. The second-order valence-electron chi connectivity index (χ2n) is 13.8. The highest BCUT2D eigenvalue weighted by Gasteiger charge is 2.27. The predicted octanol–water partition coefficient (Wildman–Crippen LogP) is 4.68. The number of hydrogen-bond donors (Lipinski definition) is 2. The van der Waals surface area contributed by atoms with Crippen LogP contribution in [0.25, 0.3) is 11.0 Å². The first-order chi connectivity index (χ1) is 23.9. The third-order valence-corrected chi connectivity index (χ3v) is 11.5. The molecule has 0 radical (unpaired) electrons. The Kier molecular flexibility index (Phi) is 14.3. The van der Waals surface area contributed by atoms with E-state index < -0.39 is 0 Å². The number of ether oxygens (including phenoxy) is 1. The summed E-state index contributed by atoms with van der Waals surface area (Å²) < 4.78 is 14.8. The van der Waals surface area contributed by atoms with Crippen molar-refractivity contribution < 1.29 is 9.53 Å². The number of carbonyl (C=O) groups excluding carboxylic acids is 1. The first-order valence-electron chi connectivity index (χ1n) is 18.7. The summed E-state index contributed by atoms with van der Waals surface area (Å²) in [6, 6.07) is 6.16. The average molecular weight is 694 g/mol. The van der Waals surface area contributed by atoms with Gasteiger partial charge in [-0.2, -0.15) is 0 Å². The van der Waals surface area contributed by atoms with Gasteiger partial charge in [0.15, 0.2) is 0 Å². The van der Waals surface area contributed by atoms with Crippen LogP contribution in [-0.2, 0) is 16.6 Å². The molecule has 3 aliphatic heterocycles. The molecule has 4 heterocycles. The monoisotopic (exact) mass is 693 g/mol. The zero-order chi connectivity index (χ0) is 34.8. The molecule has 2 aromatic rings. The van der Waals surface area contributed by atoms with Crippen LogP contribution in [0.1, 0.15) is 89.7 Å². The van der Waals surface area contributed by atoms with E-state index in [1.54, 1.807) is 11.6 Å². The van der Waals surface area contributed by atoms with Crippen molar-refractivity contribution in [2.45, 2.75) is 96.2 Å². The van der Waals surface area contributed by atoms with Crippen LogP contribution >= 0.6 is 12.1 Å². The topological polar surface area (TPSA) is 101 Å². The largest absolute Gasteiger partial charge is 0.365 e. The van der Waals surface area contributed by atoms with Gasteiger partial charge in [0.25, 0.3) is 0 Å². The number of aryl methyl sites for hydroxylation is 1. The van der Waals surface area contributed by atoms with Crippen LogP contribution in [0, 0.1) is 17.8 Å². The maximum atomic E-state index is 13.5. The van der Waals surface area contributed by atoms with Crippen molar-refractivity contribution >= 4 is 29.1 Å². The number of carbonyl (C=O) groups is 1. The van der Waals surface area contributed by atoms with Crippen molar-refractivity contribution in [1.82, 2.24) is 28.0 Å². The molecule has 11 heteroatoms. The van der Waals surface area contributed by atoms with E-state index in [-0.39, 0.29) is 23.7 Å². The number of rotatable bonds is 11. The second-order valence-corrected chi connectivity index (χ2v) is 15.0. The van der Waals surface area contributed by atoms with Gasteiger partial charge >= 0.3 is 5.69 Å². The predicted molar refractivity (Wildman–Crippen MR) is 201 cm³/mol. The summed E-state index contributed by atoms with van der Waals surface area (Å²) in [5.41, 5.74) is 9.86. The van der Waals surface area contributed by atoms with Gasteiger partial charge in [0.2, 0.25) is 5.91 Å². The molecule has 6 rings (SSSR count). The molecule has 4 fully saturated rings. The van der Waals surface area contributed by atoms with Crippen molar-refractivity contribution in [2.24, 2.45) is 18.7 Å². The number of nitrogens with two attached hydrogens (primary N) is 1. The Morgan fingerprint density at radius 2 is 1.71 bits per heavy atom. The Morgan fingerprint density at radius 1 is 1.04 bits per heavy atom. The third-order valence-electron chi connectivity index (χ3n) is 10.3. The standard InChI is InChI=1S/C36H53N7O3S.C2H6/c1-38-34(44)11-10-31(25-27-8-9-27)43-33-7-3-5-29(35(33)39(2)36(43)45)6-4-24-46-32-16-18-40(19-17-32)26-28-12-20-41(21-13-28)47-42-22-14-30(37)15-23-42;1-2/h3,5,7,25,28,30-32H,8-24,26,37H2,1-2H3,(H,38,44);1-2H3. The van der Waals surface area contributed by atoms with Crippen molar-refractivity contribution in [1.29, 1.82) is 0 Å². The van der Waals surface area contributed by atoms with E-state index in [1.165, 1.54) is 38.0 Å². The number of fused-ring (bicyclic) bond motifs is 1. The highest BCUT2D eigenvalue weighted by molar-refractivity contribution is 7.94. The zero-order valence-electron chi connectivity index (χ0n) is 30.3. The number of imidazole rings is 1. The van der Waals surface area contributed by atoms with Crippen LogP contribution in [0.4, 0.5) is 0 Å². The molecule has 10 nitrogen and oxygen atoms in total. The van der Waals surface area contributed by atoms with Crippen LogP contribution in [-0.4, -0.2) is 100 Å². The number of nitrogens with one attached hydrogen (secondary N) is 1. The Labute approximate surface area is 298 Å². The Morgan fingerprint density at radius 3 is 2.37 bits per heavy atom. The summed E-state index contributed by atoms with van der Waals surface area (Å²) >= 11 is 1.95. The molecule has 1 aromatic carbocycles. The number of allylic oxidation sites excluding steroid dienone is 2. The highest BCUT2D eigenvalue weighted by Crippen LogP contribution is 2.33. The van der Waals surface area contributed by atoms with E-state index >= 15 is 0 Å². The minimum absolute atomic E-state index is 0.0140. The zero-order valence-corrected chi connectivity index (χ0v) is 31.1. The summed E-state index contributed by atoms with van der Waals surface area (Å²) in [5.74, 6) is 7.31. The van der Waals surface area contributed by atoms with Gasteiger partial charge in [-0.25, -0.2) is 13.4 Å². The lowest BCUT2D eigenvalue weighted by atomic mass is 9.96. The molecule has 3 saturated heterocycles. The molecule has 3 N–H and O–H groups in total. The van der Waals surface area contributed by atoms with E-state index in [2.05, 4.69) is 36.7 Å². The molecule has 1 atom stereocenters. The maximum absolute atomic E-state index is 13.5. The lowest BCUT2D eigenvalue weighted by Gasteiger charge is -2.39. The van der Waals surface area contributed by atoms with Crippen LogP contribution in [0.2, 0.25) is 0 Å². The molecule has 0 bridgehead atoms. The van der Waals surface area contributed by atoms with Crippen molar-refractivity contribution in [3.8, 4) is 11.8 Å². The first-order valence-corrected chi connectivity index (χ1v) is 19.5. The third kappa shape index (κ3) is 10.5. The van der Waals surface area contributed by atoms with Crippen molar-refractivity contribution in [2.75, 3.05) is 59.5 Å². The summed E-state index contributed by atoms with van der Waals surface area (Å²) in [6.45, 7) is 12.4. The van der Waals surface area contributed by atoms with Gasteiger partial charge in [-0.1, -0.05) is 43.4 Å². The van der Waals surface area contributed by atoms with Crippen LogP contribution in [0.3, 0.4) is 0 Å². The fourth-order valence-electron chi connectivity index (χ4n) is 7.27. The fourth-order valence-corrected chi connectivity index (χ4v) is 8.35. The molecule has 1 aromatic heterocycles. The van der Waals surface area contributed by atoms with Crippen molar-refractivity contribution in [3.05, 3.63) is 45.9 Å². The summed E-state index contributed by atoms with van der Waals surface area (Å²) in [4.78, 5) is 28.2. The van der Waals surface area contributed by atoms with Gasteiger partial charge < -0.3 is 20.7 Å². The number of piperidine rings is 3. The molecular formula is C38H59N7O3S. The molecule has 1 amide bonds. The lowest BCUT2D eigenvalue weighted by molar-refractivity contribution is -0.120. The minimum atomic E-state index is -0.157. The average Bonchev–Trinajstić information content (AvgIpc) is 3.92. The molecule has 270 valence electrons. The van der Waals surface area contributed by atoms with Crippen LogP contribution in [0.5, 0.6) is 0 Å². The fraction of sp³-hybridized carbons (Fsp3) is 0.684. The smallest absolute Gasteiger partial charge is 0.329 e. The van der Waals surface area contributed by atoms with Crippen LogP contribution < -0.4 is 16.7 Å². The minimum Gasteiger partial charge on any atom is -0.365 e. The Bertz CT molecular complexity index is 1510. The number of para-hydroxylation sites is 1. The first kappa shape index (κ1) is 37.7. The molecular weight excluding hydrogens is 635 g/mol. The number of amides is 1. The maximum Gasteiger partial charge on any atom is 0.329 e. The Hall–Kier alpha value is -2.59. The number of nitrogens with zero attached hydrogens (tertiary/aromatic N) is 5. The quantitative estimate of drug-likeness (QED) is 0.199. The van der Waals surface area contributed by atoms with E-state index in [4.69, 9.17) is 10.5 Å². The van der Waals surface area contributed by atoms with Crippen LogP contribution in [0.15, 0.2) is 34.6 Å². The van der Waals surface area contributed by atoms with Gasteiger partial charge in [0.1, 0.15) is 6.61 Å². The van der Waals surface area contributed by atoms with Gasteiger partial charge in [-0.15, -0.1) is 0 Å². The van der Waals surface area contributed by atoms with Gasteiger partial charge in [0.05, 0.1) is 28.7 Å². The molecule has 1 aliphatic carbocycles. The summed E-state index contributed by atoms with van der Waals surface area (Å²) in [7, 11) is 3.46. The normalized spacial score (nSPS) is 20.7. The van der Waals surface area contributed by atoms with E-state index in [0.717, 1.165) is 87.2 Å². The van der Waals surface area contributed by atoms with E-state index in [0.29, 0.717) is 25.5 Å².